The maximum Gasteiger partial charge on any atom is 0.260 e. The Morgan fingerprint density at radius 2 is 1.92 bits per heavy atom. The summed E-state index contributed by atoms with van der Waals surface area (Å²) in [7, 11) is 0. The first kappa shape index (κ1) is 16.8. The molecule has 1 heterocycles. The van der Waals surface area contributed by atoms with E-state index in [1.54, 1.807) is 24.3 Å². The van der Waals surface area contributed by atoms with Crippen LogP contribution in [0, 0.1) is 0 Å². The van der Waals surface area contributed by atoms with E-state index in [1.165, 1.54) is 5.56 Å². The standard InChI is InChI=1S/C19H21ClN2O2/c20-16-6-8-18(9-7-16)24-14-19(23)22-11-10-21-13-17(22)12-15-4-2-1-3-5-15/h1-9,17,21H,10-14H2. The Morgan fingerprint density at radius 3 is 2.67 bits per heavy atom. The largest absolute Gasteiger partial charge is 0.484 e. The van der Waals surface area contributed by atoms with Crippen LogP contribution in [0.3, 0.4) is 0 Å². The molecule has 0 radical (unpaired) electrons. The third-order valence-corrected chi connectivity index (χ3v) is 4.41. The van der Waals surface area contributed by atoms with Crippen LogP contribution in [0.15, 0.2) is 54.6 Å². The van der Waals surface area contributed by atoms with Crippen molar-refractivity contribution in [3.8, 4) is 5.75 Å². The van der Waals surface area contributed by atoms with Crippen LogP contribution in [0.5, 0.6) is 5.75 Å². The number of piperazine rings is 1. The molecule has 0 spiro atoms. The van der Waals surface area contributed by atoms with Crippen molar-refractivity contribution in [2.75, 3.05) is 26.2 Å². The molecule has 126 valence electrons. The van der Waals surface area contributed by atoms with Gasteiger partial charge in [0.25, 0.3) is 5.91 Å². The van der Waals surface area contributed by atoms with Crippen LogP contribution in [0.1, 0.15) is 5.56 Å². The third kappa shape index (κ3) is 4.49. The Labute approximate surface area is 147 Å². The second kappa shape index (κ2) is 8.18. The van der Waals surface area contributed by atoms with E-state index < -0.39 is 0 Å². The van der Waals surface area contributed by atoms with Gasteiger partial charge in [-0.15, -0.1) is 0 Å². The number of carbonyl (C=O) groups excluding carboxylic acids is 1. The molecule has 0 saturated carbocycles. The summed E-state index contributed by atoms with van der Waals surface area (Å²) >= 11 is 5.85. The fraction of sp³-hybridized carbons (Fsp3) is 0.316. The zero-order valence-electron chi connectivity index (χ0n) is 13.5. The van der Waals surface area contributed by atoms with Crippen molar-refractivity contribution in [2.24, 2.45) is 0 Å². The molecular weight excluding hydrogens is 324 g/mol. The molecule has 0 aliphatic carbocycles. The normalized spacial score (nSPS) is 17.5. The van der Waals surface area contributed by atoms with Crippen LogP contribution >= 0.6 is 11.6 Å². The lowest BCUT2D eigenvalue weighted by Crippen LogP contribution is -2.55. The van der Waals surface area contributed by atoms with Gasteiger partial charge in [-0.1, -0.05) is 41.9 Å². The molecule has 2 aromatic carbocycles. The Kier molecular flexibility index (Phi) is 5.72. The summed E-state index contributed by atoms with van der Waals surface area (Å²) in [5.74, 6) is 0.676. The minimum Gasteiger partial charge on any atom is -0.484 e. The third-order valence-electron chi connectivity index (χ3n) is 4.16. The van der Waals surface area contributed by atoms with E-state index in [1.807, 2.05) is 23.1 Å². The van der Waals surface area contributed by atoms with E-state index in [-0.39, 0.29) is 18.6 Å². The van der Waals surface area contributed by atoms with Crippen molar-refractivity contribution in [3.63, 3.8) is 0 Å². The molecule has 1 atom stereocenters. The summed E-state index contributed by atoms with van der Waals surface area (Å²) < 4.78 is 5.60. The van der Waals surface area contributed by atoms with E-state index in [4.69, 9.17) is 16.3 Å². The van der Waals surface area contributed by atoms with Crippen molar-refractivity contribution < 1.29 is 9.53 Å². The van der Waals surface area contributed by atoms with Gasteiger partial charge in [-0.25, -0.2) is 0 Å². The van der Waals surface area contributed by atoms with Crippen molar-refractivity contribution in [1.82, 2.24) is 10.2 Å². The van der Waals surface area contributed by atoms with Crippen molar-refractivity contribution in [3.05, 3.63) is 65.2 Å². The average molecular weight is 345 g/mol. The van der Waals surface area contributed by atoms with Crippen molar-refractivity contribution in [2.45, 2.75) is 12.5 Å². The molecule has 1 aliphatic heterocycles. The van der Waals surface area contributed by atoms with E-state index in [2.05, 4.69) is 17.4 Å². The van der Waals surface area contributed by atoms with Gasteiger partial charge < -0.3 is 15.0 Å². The van der Waals surface area contributed by atoms with Crippen LogP contribution < -0.4 is 10.1 Å². The predicted octanol–water partition coefficient (Wildman–Crippen LogP) is 2.76. The van der Waals surface area contributed by atoms with E-state index in [9.17, 15) is 4.79 Å². The highest BCUT2D eigenvalue weighted by Crippen LogP contribution is 2.16. The zero-order valence-corrected chi connectivity index (χ0v) is 14.2. The second-order valence-corrected chi connectivity index (χ2v) is 6.31. The van der Waals surface area contributed by atoms with Gasteiger partial charge in [0.2, 0.25) is 0 Å². The first-order valence-corrected chi connectivity index (χ1v) is 8.52. The van der Waals surface area contributed by atoms with E-state index in [0.717, 1.165) is 19.5 Å². The highest BCUT2D eigenvalue weighted by Gasteiger charge is 2.26. The molecule has 24 heavy (non-hydrogen) atoms. The first-order chi connectivity index (χ1) is 11.7. The van der Waals surface area contributed by atoms with Crippen molar-refractivity contribution >= 4 is 17.5 Å². The molecular formula is C19H21ClN2O2. The summed E-state index contributed by atoms with van der Waals surface area (Å²) in [5.41, 5.74) is 1.24. The number of ether oxygens (including phenoxy) is 1. The Balaban J connectivity index is 1.59. The highest BCUT2D eigenvalue weighted by atomic mass is 35.5. The van der Waals surface area contributed by atoms with Gasteiger partial charge in [0.1, 0.15) is 5.75 Å². The smallest absolute Gasteiger partial charge is 0.260 e. The zero-order chi connectivity index (χ0) is 16.8. The van der Waals surface area contributed by atoms with Gasteiger partial charge in [-0.05, 0) is 36.2 Å². The predicted molar refractivity (Wildman–Crippen MR) is 95.5 cm³/mol. The molecule has 3 rings (SSSR count). The summed E-state index contributed by atoms with van der Waals surface area (Å²) in [4.78, 5) is 14.5. The topological polar surface area (TPSA) is 41.6 Å². The molecule has 1 fully saturated rings. The Hall–Kier alpha value is -2.04. The van der Waals surface area contributed by atoms with Gasteiger partial charge in [0.15, 0.2) is 6.61 Å². The van der Waals surface area contributed by atoms with Crippen molar-refractivity contribution in [1.29, 1.82) is 0 Å². The summed E-state index contributed by atoms with van der Waals surface area (Å²) in [6, 6.07) is 17.5. The quantitative estimate of drug-likeness (QED) is 0.906. The first-order valence-electron chi connectivity index (χ1n) is 8.15. The summed E-state index contributed by atoms with van der Waals surface area (Å²) in [5, 5.41) is 4.02. The maximum absolute atomic E-state index is 12.6. The number of nitrogens with zero attached hydrogens (tertiary/aromatic N) is 1. The summed E-state index contributed by atoms with van der Waals surface area (Å²) in [6.45, 7) is 2.38. The van der Waals surface area contributed by atoms with E-state index >= 15 is 0 Å². The minimum atomic E-state index is 0.0207. The van der Waals surface area contributed by atoms with Gasteiger partial charge in [-0.2, -0.15) is 0 Å². The molecule has 1 amide bonds. The lowest BCUT2D eigenvalue weighted by molar-refractivity contribution is -0.136. The lowest BCUT2D eigenvalue weighted by Gasteiger charge is -2.36. The number of carbonyl (C=O) groups is 1. The molecule has 5 heteroatoms. The number of hydrogen-bond acceptors (Lipinski definition) is 3. The molecule has 1 unspecified atom stereocenters. The maximum atomic E-state index is 12.6. The second-order valence-electron chi connectivity index (χ2n) is 5.88. The van der Waals surface area contributed by atoms with Crippen LogP contribution in [0.2, 0.25) is 5.02 Å². The molecule has 1 N–H and O–H groups in total. The van der Waals surface area contributed by atoms with Crippen LogP contribution in [0.4, 0.5) is 0 Å². The lowest BCUT2D eigenvalue weighted by atomic mass is 10.0. The number of rotatable bonds is 5. The monoisotopic (exact) mass is 344 g/mol. The fourth-order valence-corrected chi connectivity index (χ4v) is 3.04. The number of nitrogens with one attached hydrogen (secondary N) is 1. The molecule has 1 saturated heterocycles. The van der Waals surface area contributed by atoms with Gasteiger partial charge in [0.05, 0.1) is 0 Å². The number of amides is 1. The van der Waals surface area contributed by atoms with Gasteiger partial charge in [-0.3, -0.25) is 4.79 Å². The highest BCUT2D eigenvalue weighted by molar-refractivity contribution is 6.30. The molecule has 4 nitrogen and oxygen atoms in total. The summed E-state index contributed by atoms with van der Waals surface area (Å²) in [6.07, 6.45) is 0.848. The fourth-order valence-electron chi connectivity index (χ4n) is 2.92. The van der Waals surface area contributed by atoms with Crippen LogP contribution in [-0.2, 0) is 11.2 Å². The van der Waals surface area contributed by atoms with Crippen LogP contribution in [-0.4, -0.2) is 43.1 Å². The van der Waals surface area contributed by atoms with Crippen LogP contribution in [0.25, 0.3) is 0 Å². The number of hydrogen-bond donors (Lipinski definition) is 1. The molecule has 1 aliphatic rings. The average Bonchev–Trinajstić information content (AvgIpc) is 2.62. The minimum absolute atomic E-state index is 0.0207. The molecule has 2 aromatic rings. The Bertz CT molecular complexity index is 661. The molecule has 0 aromatic heterocycles. The Morgan fingerprint density at radius 1 is 1.17 bits per heavy atom. The van der Waals surface area contributed by atoms with Gasteiger partial charge >= 0.3 is 0 Å². The number of benzene rings is 2. The van der Waals surface area contributed by atoms with Gasteiger partial charge in [0, 0.05) is 30.7 Å². The SMILES string of the molecule is O=C(COc1ccc(Cl)cc1)N1CCNCC1Cc1ccccc1. The molecule has 0 bridgehead atoms. The van der Waals surface area contributed by atoms with E-state index in [0.29, 0.717) is 17.3 Å². The number of halogens is 1.